The molecule has 4 rings (SSSR count). The third-order valence-electron chi connectivity index (χ3n) is 3.84. The minimum absolute atomic E-state index is 0.837. The van der Waals surface area contributed by atoms with Crippen LogP contribution in [0.5, 0.6) is 0 Å². The smallest absolute Gasteiger partial charge is 0.0717 e. The molecule has 0 radical (unpaired) electrons. The van der Waals surface area contributed by atoms with Gasteiger partial charge < -0.3 is 0 Å². The fourth-order valence-electron chi connectivity index (χ4n) is 2.61. The SMILES string of the molecule is CCCCCCC1CSC2=C(SC(=C3SC4=C(SCCS4)S3)S2)S1. The monoisotopic (exact) mass is 468 g/mol. The molecule has 1 unspecified atom stereocenters. The fourth-order valence-corrected chi connectivity index (χ4v) is 15.3. The Morgan fingerprint density at radius 1 is 0.708 bits per heavy atom. The second kappa shape index (κ2) is 9.48. The van der Waals surface area contributed by atoms with Gasteiger partial charge in [-0.25, -0.2) is 0 Å². The summed E-state index contributed by atoms with van der Waals surface area (Å²) >= 11 is 16.6. The first-order valence-electron chi connectivity index (χ1n) is 8.32. The molecule has 24 heavy (non-hydrogen) atoms. The Labute approximate surface area is 179 Å². The number of thioether (sulfide) groups is 8. The van der Waals surface area contributed by atoms with E-state index in [-0.39, 0.29) is 0 Å². The molecule has 0 aromatic rings. The van der Waals surface area contributed by atoms with Crippen LogP contribution < -0.4 is 0 Å². The summed E-state index contributed by atoms with van der Waals surface area (Å²) in [6.45, 7) is 2.30. The zero-order chi connectivity index (χ0) is 16.4. The summed E-state index contributed by atoms with van der Waals surface area (Å²) in [5.74, 6) is 3.87. The number of hydrogen-bond acceptors (Lipinski definition) is 8. The van der Waals surface area contributed by atoms with Crippen LogP contribution in [-0.2, 0) is 0 Å². The Balaban J connectivity index is 1.32. The zero-order valence-electron chi connectivity index (χ0n) is 13.5. The van der Waals surface area contributed by atoms with E-state index >= 15 is 0 Å². The topological polar surface area (TPSA) is 0 Å². The van der Waals surface area contributed by atoms with E-state index in [1.54, 1.807) is 25.4 Å². The molecule has 4 heterocycles. The van der Waals surface area contributed by atoms with Crippen LogP contribution in [0.1, 0.15) is 39.0 Å². The molecule has 0 aliphatic carbocycles. The van der Waals surface area contributed by atoms with Crippen LogP contribution in [0.25, 0.3) is 0 Å². The van der Waals surface area contributed by atoms with Crippen molar-refractivity contribution in [3.8, 4) is 0 Å². The molecule has 0 nitrogen and oxygen atoms in total. The van der Waals surface area contributed by atoms with Gasteiger partial charge >= 0.3 is 0 Å². The fraction of sp³-hybridized carbons (Fsp3) is 0.625. The minimum Gasteiger partial charge on any atom is -0.116 e. The van der Waals surface area contributed by atoms with E-state index in [4.69, 9.17) is 0 Å². The van der Waals surface area contributed by atoms with Crippen molar-refractivity contribution in [2.75, 3.05) is 17.3 Å². The average molecular weight is 469 g/mol. The predicted octanol–water partition coefficient (Wildman–Crippen LogP) is 8.63. The van der Waals surface area contributed by atoms with Crippen molar-refractivity contribution < 1.29 is 0 Å². The first-order chi connectivity index (χ1) is 11.8. The molecule has 4 aliphatic heterocycles. The first-order valence-corrected chi connectivity index (χ1v) is 15.4. The van der Waals surface area contributed by atoms with Gasteiger partial charge in [0, 0.05) is 22.5 Å². The summed E-state index contributed by atoms with van der Waals surface area (Å²) in [7, 11) is 0. The van der Waals surface area contributed by atoms with E-state index in [1.165, 1.54) is 49.4 Å². The van der Waals surface area contributed by atoms with Crippen molar-refractivity contribution >= 4 is 94.1 Å². The van der Waals surface area contributed by atoms with E-state index < -0.39 is 0 Å². The van der Waals surface area contributed by atoms with Crippen LogP contribution in [-0.4, -0.2) is 22.5 Å². The Morgan fingerprint density at radius 2 is 1.33 bits per heavy atom. The standard InChI is InChI=1S/C16H20S8/c1-2-3-4-5-6-10-9-19-13-14(20-10)24-16(23-13)15-21-11-12(22-15)18-8-7-17-11/h10H,2-9H2,1H3. The van der Waals surface area contributed by atoms with Crippen molar-refractivity contribution in [3.05, 3.63) is 25.4 Å². The summed E-state index contributed by atoms with van der Waals surface area (Å²) < 4.78 is 9.43. The summed E-state index contributed by atoms with van der Waals surface area (Å²) in [5, 5.41) is 0.837. The van der Waals surface area contributed by atoms with E-state index in [2.05, 4.69) is 65.7 Å². The molecule has 0 amide bonds. The van der Waals surface area contributed by atoms with Crippen LogP contribution in [0.4, 0.5) is 0 Å². The van der Waals surface area contributed by atoms with Gasteiger partial charge in [0.15, 0.2) is 0 Å². The normalized spacial score (nSPS) is 27.1. The van der Waals surface area contributed by atoms with Crippen molar-refractivity contribution in [3.63, 3.8) is 0 Å². The van der Waals surface area contributed by atoms with Gasteiger partial charge in [0.2, 0.25) is 0 Å². The maximum absolute atomic E-state index is 2.30. The van der Waals surface area contributed by atoms with Gasteiger partial charge in [0.1, 0.15) is 0 Å². The Bertz CT molecular complexity index is 571. The Morgan fingerprint density at radius 3 is 2.00 bits per heavy atom. The van der Waals surface area contributed by atoms with Gasteiger partial charge in [0.05, 0.1) is 25.4 Å². The van der Waals surface area contributed by atoms with Gasteiger partial charge in [-0.1, -0.05) is 79.7 Å². The van der Waals surface area contributed by atoms with Crippen LogP contribution in [0, 0.1) is 0 Å². The number of rotatable bonds is 5. The lowest BCUT2D eigenvalue weighted by molar-refractivity contribution is 0.633. The molecule has 0 aromatic heterocycles. The lowest BCUT2D eigenvalue weighted by atomic mass is 10.1. The Kier molecular flexibility index (Phi) is 7.64. The van der Waals surface area contributed by atoms with Gasteiger partial charge in [-0.05, 0) is 6.42 Å². The van der Waals surface area contributed by atoms with E-state index in [9.17, 15) is 0 Å². The van der Waals surface area contributed by atoms with Gasteiger partial charge in [-0.3, -0.25) is 0 Å². The van der Waals surface area contributed by atoms with E-state index in [1.807, 2.05) is 35.3 Å². The van der Waals surface area contributed by atoms with Crippen molar-refractivity contribution in [2.45, 2.75) is 44.3 Å². The van der Waals surface area contributed by atoms with Crippen molar-refractivity contribution in [1.82, 2.24) is 0 Å². The second-order valence-corrected chi connectivity index (χ2v) is 15.9. The quantitative estimate of drug-likeness (QED) is 0.363. The third kappa shape index (κ3) is 4.70. The van der Waals surface area contributed by atoms with Gasteiger partial charge in [0.25, 0.3) is 0 Å². The summed E-state index contributed by atoms with van der Waals surface area (Å²) in [6, 6.07) is 0. The molecule has 0 spiro atoms. The molecule has 0 aromatic carbocycles. The highest BCUT2D eigenvalue weighted by Gasteiger charge is 2.34. The molecule has 0 saturated carbocycles. The number of unbranched alkanes of at least 4 members (excludes halogenated alkanes) is 3. The third-order valence-corrected chi connectivity index (χ3v) is 16.3. The summed E-state index contributed by atoms with van der Waals surface area (Å²) in [4.78, 5) is 0. The highest BCUT2D eigenvalue weighted by atomic mass is 32.3. The molecular weight excluding hydrogens is 449 g/mol. The second-order valence-electron chi connectivity index (χ2n) is 5.73. The van der Waals surface area contributed by atoms with Gasteiger partial charge in [-0.2, -0.15) is 0 Å². The first kappa shape index (κ1) is 19.3. The molecule has 0 saturated heterocycles. The maximum Gasteiger partial charge on any atom is 0.0717 e. The molecule has 132 valence electrons. The van der Waals surface area contributed by atoms with E-state index in [0.29, 0.717) is 0 Å². The minimum atomic E-state index is 0.837. The van der Waals surface area contributed by atoms with Crippen LogP contribution in [0.2, 0.25) is 0 Å². The molecule has 0 fully saturated rings. The molecule has 8 heteroatoms. The van der Waals surface area contributed by atoms with Crippen molar-refractivity contribution in [1.29, 1.82) is 0 Å². The lowest BCUT2D eigenvalue weighted by Crippen LogP contribution is -2.09. The molecule has 1 atom stereocenters. The average Bonchev–Trinajstić information content (AvgIpc) is 3.21. The van der Waals surface area contributed by atoms with Crippen LogP contribution in [0.15, 0.2) is 25.4 Å². The molecular formula is C16H20S8. The van der Waals surface area contributed by atoms with E-state index in [0.717, 1.165) is 5.25 Å². The van der Waals surface area contributed by atoms with Crippen LogP contribution >= 0.6 is 94.1 Å². The largest absolute Gasteiger partial charge is 0.116 e. The molecule has 0 N–H and O–H groups in total. The predicted molar refractivity (Wildman–Crippen MR) is 129 cm³/mol. The zero-order valence-corrected chi connectivity index (χ0v) is 20.0. The molecule has 4 aliphatic rings. The Hall–Kier alpha value is 2.02. The molecule has 0 bridgehead atoms. The highest BCUT2D eigenvalue weighted by molar-refractivity contribution is 8.45. The highest BCUT2D eigenvalue weighted by Crippen LogP contribution is 2.68. The van der Waals surface area contributed by atoms with Crippen LogP contribution in [0.3, 0.4) is 0 Å². The summed E-state index contributed by atoms with van der Waals surface area (Å²) in [6.07, 6.45) is 6.98. The maximum atomic E-state index is 2.30. The lowest BCUT2D eigenvalue weighted by Gasteiger charge is -2.21. The number of hydrogen-bond donors (Lipinski definition) is 0. The summed E-state index contributed by atoms with van der Waals surface area (Å²) in [5.41, 5.74) is 0. The van der Waals surface area contributed by atoms with Crippen molar-refractivity contribution in [2.24, 2.45) is 0 Å². The van der Waals surface area contributed by atoms with Gasteiger partial charge in [-0.15, -0.1) is 47.0 Å².